The normalized spacial score (nSPS) is 21.2. The molecule has 136 valence electrons. The van der Waals surface area contributed by atoms with E-state index >= 15 is 0 Å². The average molecular weight is 381 g/mol. The second-order valence-electron chi connectivity index (χ2n) is 6.38. The Hall–Kier alpha value is -1.50. The maximum absolute atomic E-state index is 12.4. The predicted octanol–water partition coefficient (Wildman–Crippen LogP) is 3.83. The van der Waals surface area contributed by atoms with E-state index in [9.17, 15) is 4.79 Å². The number of carbonyl (C=O) groups excluding carboxylic acids is 1. The molecule has 2 aromatic rings. The number of hydrogen-bond acceptors (Lipinski definition) is 5. The minimum atomic E-state index is 0. The maximum Gasteiger partial charge on any atom is 0.229 e. The highest BCUT2D eigenvalue weighted by Crippen LogP contribution is 2.31. The standard InChI is InChI=1S/C18H24N4OS.ClH/c1-3-15(13-7-5-4-6-8-13)17-21-22-18(24-17)20-16(23)14-9-10-19-12(2)11-14;/h4-8,12,14-15,19H,3,9-11H2,1-2H3,(H,20,22,23);1H/t12-,14-,15?;/m0./s1. The summed E-state index contributed by atoms with van der Waals surface area (Å²) >= 11 is 1.48. The van der Waals surface area contributed by atoms with Crippen LogP contribution < -0.4 is 10.6 Å². The van der Waals surface area contributed by atoms with Gasteiger partial charge in [-0.25, -0.2) is 0 Å². The Labute approximate surface area is 159 Å². The van der Waals surface area contributed by atoms with Crippen LogP contribution in [0.3, 0.4) is 0 Å². The van der Waals surface area contributed by atoms with Crippen LogP contribution >= 0.6 is 23.7 Å². The van der Waals surface area contributed by atoms with Crippen molar-refractivity contribution in [2.24, 2.45) is 5.92 Å². The number of anilines is 1. The number of piperidine rings is 1. The zero-order valence-corrected chi connectivity index (χ0v) is 16.2. The van der Waals surface area contributed by atoms with Crippen LogP contribution in [-0.2, 0) is 4.79 Å². The van der Waals surface area contributed by atoms with Gasteiger partial charge in [0.1, 0.15) is 5.01 Å². The highest BCUT2D eigenvalue weighted by atomic mass is 35.5. The lowest BCUT2D eigenvalue weighted by atomic mass is 9.93. The first-order valence-corrected chi connectivity index (χ1v) is 9.41. The number of rotatable bonds is 5. The summed E-state index contributed by atoms with van der Waals surface area (Å²) in [5.74, 6) is 0.358. The van der Waals surface area contributed by atoms with Gasteiger partial charge in [-0.1, -0.05) is 48.6 Å². The maximum atomic E-state index is 12.4. The van der Waals surface area contributed by atoms with Gasteiger partial charge in [0.05, 0.1) is 0 Å². The van der Waals surface area contributed by atoms with E-state index < -0.39 is 0 Å². The minimum absolute atomic E-state index is 0. The largest absolute Gasteiger partial charge is 0.314 e. The van der Waals surface area contributed by atoms with Crippen LogP contribution in [0.2, 0.25) is 0 Å². The van der Waals surface area contributed by atoms with Gasteiger partial charge < -0.3 is 10.6 Å². The van der Waals surface area contributed by atoms with Gasteiger partial charge in [-0.05, 0) is 38.3 Å². The highest BCUT2D eigenvalue weighted by Gasteiger charge is 2.26. The van der Waals surface area contributed by atoms with Gasteiger partial charge in [0, 0.05) is 17.9 Å². The van der Waals surface area contributed by atoms with Crippen molar-refractivity contribution >= 4 is 34.8 Å². The molecule has 1 amide bonds. The van der Waals surface area contributed by atoms with E-state index in [1.54, 1.807) is 0 Å². The van der Waals surface area contributed by atoms with Gasteiger partial charge in [0.15, 0.2) is 0 Å². The highest BCUT2D eigenvalue weighted by molar-refractivity contribution is 7.15. The van der Waals surface area contributed by atoms with Crippen molar-refractivity contribution in [3.8, 4) is 0 Å². The third-order valence-electron chi connectivity index (χ3n) is 4.57. The summed E-state index contributed by atoms with van der Waals surface area (Å²) in [5.41, 5.74) is 1.24. The zero-order chi connectivity index (χ0) is 16.9. The summed E-state index contributed by atoms with van der Waals surface area (Å²) in [6.07, 6.45) is 2.71. The lowest BCUT2D eigenvalue weighted by molar-refractivity contribution is -0.120. The van der Waals surface area contributed by atoms with E-state index in [1.807, 2.05) is 18.2 Å². The third-order valence-corrected chi connectivity index (χ3v) is 5.53. The molecule has 5 nitrogen and oxygen atoms in total. The van der Waals surface area contributed by atoms with Crippen molar-refractivity contribution in [3.63, 3.8) is 0 Å². The molecule has 0 aliphatic carbocycles. The lowest BCUT2D eigenvalue weighted by Gasteiger charge is -2.26. The summed E-state index contributed by atoms with van der Waals surface area (Å²) in [6.45, 7) is 5.16. The molecule has 2 N–H and O–H groups in total. The Morgan fingerprint density at radius 3 is 2.80 bits per heavy atom. The summed E-state index contributed by atoms with van der Waals surface area (Å²) in [5, 5.41) is 16.4. The molecule has 1 aliphatic heterocycles. The van der Waals surface area contributed by atoms with Crippen molar-refractivity contribution < 1.29 is 4.79 Å². The van der Waals surface area contributed by atoms with Crippen molar-refractivity contribution in [3.05, 3.63) is 40.9 Å². The van der Waals surface area contributed by atoms with Crippen LogP contribution in [0.25, 0.3) is 0 Å². The van der Waals surface area contributed by atoms with Crippen LogP contribution in [-0.4, -0.2) is 28.7 Å². The summed E-state index contributed by atoms with van der Waals surface area (Å²) in [6, 6.07) is 10.7. The van der Waals surface area contributed by atoms with Gasteiger partial charge in [0.25, 0.3) is 0 Å². The quantitative estimate of drug-likeness (QED) is 0.827. The molecule has 3 rings (SSSR count). The minimum Gasteiger partial charge on any atom is -0.314 e. The molecule has 0 spiro atoms. The Kier molecular flexibility index (Phi) is 7.35. The zero-order valence-electron chi connectivity index (χ0n) is 14.6. The van der Waals surface area contributed by atoms with Crippen molar-refractivity contribution in [1.82, 2.24) is 15.5 Å². The van der Waals surface area contributed by atoms with Crippen molar-refractivity contribution in [1.29, 1.82) is 0 Å². The van der Waals surface area contributed by atoms with Crippen molar-refractivity contribution in [2.45, 2.75) is 45.1 Å². The number of aromatic nitrogens is 2. The molecule has 1 fully saturated rings. The van der Waals surface area contributed by atoms with Gasteiger partial charge in [-0.3, -0.25) is 4.79 Å². The first-order valence-electron chi connectivity index (χ1n) is 8.60. The van der Waals surface area contributed by atoms with E-state index in [-0.39, 0.29) is 30.2 Å². The fourth-order valence-electron chi connectivity index (χ4n) is 3.24. The molecule has 0 saturated carbocycles. The average Bonchev–Trinajstić information content (AvgIpc) is 3.04. The van der Waals surface area contributed by atoms with E-state index in [1.165, 1.54) is 16.9 Å². The molecule has 0 radical (unpaired) electrons. The number of halogens is 1. The lowest BCUT2D eigenvalue weighted by Crippen LogP contribution is -2.40. The van der Waals surface area contributed by atoms with Crippen LogP contribution in [0.5, 0.6) is 0 Å². The van der Waals surface area contributed by atoms with Gasteiger partial charge in [0.2, 0.25) is 11.0 Å². The Morgan fingerprint density at radius 1 is 1.36 bits per heavy atom. The topological polar surface area (TPSA) is 66.9 Å². The van der Waals surface area contributed by atoms with Crippen molar-refractivity contribution in [2.75, 3.05) is 11.9 Å². The molecular weight excluding hydrogens is 356 g/mol. The number of hydrogen-bond donors (Lipinski definition) is 2. The number of amides is 1. The fraction of sp³-hybridized carbons (Fsp3) is 0.500. The molecule has 1 unspecified atom stereocenters. The molecule has 1 aromatic carbocycles. The number of carbonyl (C=O) groups is 1. The predicted molar refractivity (Wildman–Crippen MR) is 105 cm³/mol. The summed E-state index contributed by atoms with van der Waals surface area (Å²) < 4.78 is 0. The molecule has 7 heteroatoms. The second kappa shape index (κ2) is 9.27. The molecule has 1 aliphatic rings. The fourth-order valence-corrected chi connectivity index (χ4v) is 4.20. The Bertz CT molecular complexity index is 679. The van der Waals surface area contributed by atoms with E-state index in [4.69, 9.17) is 0 Å². The molecule has 2 heterocycles. The van der Waals surface area contributed by atoms with Crippen LogP contribution in [0, 0.1) is 5.92 Å². The van der Waals surface area contributed by atoms with Gasteiger partial charge >= 0.3 is 0 Å². The van der Waals surface area contributed by atoms with Crippen LogP contribution in [0.4, 0.5) is 5.13 Å². The molecule has 1 saturated heterocycles. The van der Waals surface area contributed by atoms with Gasteiger partial charge in [-0.15, -0.1) is 22.6 Å². The summed E-state index contributed by atoms with van der Waals surface area (Å²) in [4.78, 5) is 12.4. The monoisotopic (exact) mass is 380 g/mol. The smallest absolute Gasteiger partial charge is 0.229 e. The molecule has 0 bridgehead atoms. The Balaban J connectivity index is 0.00000225. The van der Waals surface area contributed by atoms with E-state index in [0.717, 1.165) is 30.8 Å². The number of nitrogens with one attached hydrogen (secondary N) is 2. The summed E-state index contributed by atoms with van der Waals surface area (Å²) in [7, 11) is 0. The first-order chi connectivity index (χ1) is 11.7. The number of nitrogens with zero attached hydrogens (tertiary/aromatic N) is 2. The van der Waals surface area contributed by atoms with E-state index in [0.29, 0.717) is 11.2 Å². The van der Waals surface area contributed by atoms with E-state index in [2.05, 4.69) is 46.8 Å². The number of benzene rings is 1. The molecule has 25 heavy (non-hydrogen) atoms. The van der Waals surface area contributed by atoms with Crippen LogP contribution in [0.1, 0.15) is 49.6 Å². The third kappa shape index (κ3) is 5.00. The van der Waals surface area contributed by atoms with Crippen LogP contribution in [0.15, 0.2) is 30.3 Å². The Morgan fingerprint density at radius 2 is 2.12 bits per heavy atom. The first kappa shape index (κ1) is 19.8. The molecule has 3 atom stereocenters. The second-order valence-corrected chi connectivity index (χ2v) is 7.39. The molecule has 1 aromatic heterocycles. The molecular formula is C18H25ClN4OS. The van der Waals surface area contributed by atoms with Gasteiger partial charge in [-0.2, -0.15) is 0 Å². The SMILES string of the molecule is CCC(c1ccccc1)c1nnc(NC(=O)[C@H]2CCN[C@@H](C)C2)s1.Cl.